The molecule has 0 bridgehead atoms. The van der Waals surface area contributed by atoms with Gasteiger partial charge in [-0.3, -0.25) is 0 Å². The van der Waals surface area contributed by atoms with Gasteiger partial charge in [-0.05, 0) is 217 Å². The van der Waals surface area contributed by atoms with Crippen molar-refractivity contribution >= 4 is 21.8 Å². The number of nitrogens with zero attached hydrogens (tertiary/aromatic N) is 7. The quantitative estimate of drug-likeness (QED) is 0.0687. The number of hydrogen-bond donors (Lipinski definition) is 0. The lowest BCUT2D eigenvalue weighted by atomic mass is 9.70. The highest BCUT2D eigenvalue weighted by atomic mass is 16.4. The molecule has 14 aromatic rings. The maximum absolute atomic E-state index is 6.44. The minimum atomic E-state index is -0.221. The van der Waals surface area contributed by atoms with Crippen molar-refractivity contribution in [2.45, 2.75) is 162 Å². The van der Waals surface area contributed by atoms with Crippen LogP contribution < -0.4 is 0 Å². The number of unbranched alkanes of at least 4 members (excludes halogenated alkanes) is 6. The van der Waals surface area contributed by atoms with Crippen LogP contribution >= 0.6 is 0 Å². The average molecular weight is 1330 g/mol. The number of fused-ring (bicyclic) bond motifs is 6. The zero-order valence-corrected chi connectivity index (χ0v) is 60.2. The molecule has 506 valence electrons. The molecule has 4 aromatic heterocycles. The van der Waals surface area contributed by atoms with Crippen LogP contribution in [0, 0.1) is 0 Å². The van der Waals surface area contributed by atoms with E-state index in [2.05, 4.69) is 318 Å². The Labute approximate surface area is 594 Å². The molecule has 0 aliphatic heterocycles. The van der Waals surface area contributed by atoms with Crippen LogP contribution in [0.5, 0.6) is 0 Å². The Kier molecular flexibility index (Phi) is 17.6. The molecule has 15 rings (SSSR count). The van der Waals surface area contributed by atoms with E-state index in [1.165, 1.54) is 83.0 Å². The summed E-state index contributed by atoms with van der Waals surface area (Å²) in [5.41, 5.74) is 24.4. The Morgan fingerprint density at radius 1 is 0.297 bits per heavy atom. The molecule has 0 unspecified atom stereocenters. The van der Waals surface area contributed by atoms with Gasteiger partial charge in [0.15, 0.2) is 0 Å². The van der Waals surface area contributed by atoms with Gasteiger partial charge in [0.2, 0.25) is 35.3 Å². The third-order valence-electron chi connectivity index (χ3n) is 20.9. The van der Waals surface area contributed by atoms with Gasteiger partial charge in [0, 0.05) is 55.3 Å². The van der Waals surface area contributed by atoms with E-state index in [9.17, 15) is 0 Å². The largest absolute Gasteiger partial charge is 0.416 e. The summed E-state index contributed by atoms with van der Waals surface area (Å²) in [4.78, 5) is 0. The van der Waals surface area contributed by atoms with Crippen molar-refractivity contribution in [1.82, 2.24) is 35.2 Å². The molecule has 10 heteroatoms. The molecule has 0 saturated carbocycles. The molecule has 10 aromatic carbocycles. The Morgan fingerprint density at radius 2 is 0.604 bits per heavy atom. The lowest BCUT2D eigenvalue weighted by molar-refractivity contribution is 0.401. The first-order valence-corrected chi connectivity index (χ1v) is 36.3. The SMILES string of the molecule is CCCCCCC1(CCCCCC)c2cc(-c3cccc(-c4nnc(-c5ccc(C(C)(C)C)cc5)o4)c3)ccc2-c2ccc(-n3c4ccc(-c5cccc(-c6nnc(-c7ccc(C(C)(C)C)cc7)o6)c5)cc4c4cc(-c5cccc(-c6nnc(-c7ccc(C(C)(C)C)cc7)o6)c5)ccc43)cc21. The summed E-state index contributed by atoms with van der Waals surface area (Å²) >= 11 is 0. The molecule has 101 heavy (non-hydrogen) atoms. The molecule has 0 N–H and O–H groups in total. The van der Waals surface area contributed by atoms with Crippen LogP contribution in [0.15, 0.2) is 232 Å². The van der Waals surface area contributed by atoms with Crippen molar-refractivity contribution in [2.75, 3.05) is 0 Å². The molecule has 1 aliphatic rings. The lowest BCUT2D eigenvalue weighted by Crippen LogP contribution is -2.26. The average Bonchev–Trinajstić information content (AvgIpc) is 1.56. The molecule has 0 radical (unpaired) electrons. The van der Waals surface area contributed by atoms with E-state index in [1.54, 1.807) is 0 Å². The van der Waals surface area contributed by atoms with Crippen molar-refractivity contribution in [3.05, 3.63) is 246 Å². The molecule has 10 nitrogen and oxygen atoms in total. The zero-order chi connectivity index (χ0) is 69.8. The summed E-state index contributed by atoms with van der Waals surface area (Å²) in [6.45, 7) is 24.6. The monoisotopic (exact) mass is 1330 g/mol. The third kappa shape index (κ3) is 13.1. The topological polar surface area (TPSA) is 122 Å². The predicted molar refractivity (Wildman–Crippen MR) is 413 cm³/mol. The fraction of sp³-hybridized carbons (Fsp3) is 0.275. The summed E-state index contributed by atoms with van der Waals surface area (Å²) < 4.78 is 21.8. The third-order valence-corrected chi connectivity index (χ3v) is 20.9. The standard InChI is InChI=1S/C91H89N7O3/c1-12-14-16-18-49-91(50-19-17-15-13-2)78-56-66(63-25-22-28-69(53-63)87-97-94-84(101-87)60-33-42-72(43-34-60)90(9,10)11)35-45-74(78)75-46-44-73(57-79(75)91)98-80-47-36-64(61-23-20-26-67(51-61)85-95-92-82(99-85)58-29-38-70(39-30-58)88(3,4)5)54-76(80)77-55-65(37-48-81(77)98)62-24-21-27-68(52-62)86-96-93-83(100-86)59-31-40-71(41-32-59)89(6,7)8/h20-48,51-57H,12-19,49-50H2,1-11H3. The Hall–Kier alpha value is -10.6. The van der Waals surface area contributed by atoms with Crippen molar-refractivity contribution in [2.24, 2.45) is 0 Å². The van der Waals surface area contributed by atoms with E-state index in [0.29, 0.717) is 35.3 Å². The second-order valence-corrected chi connectivity index (χ2v) is 31.0. The maximum Gasteiger partial charge on any atom is 0.248 e. The molecule has 0 amide bonds. The summed E-state index contributed by atoms with van der Waals surface area (Å²) in [5.74, 6) is 2.95. The second-order valence-electron chi connectivity index (χ2n) is 31.0. The van der Waals surface area contributed by atoms with Crippen LogP contribution in [0.2, 0.25) is 0 Å². The van der Waals surface area contributed by atoms with Crippen molar-refractivity contribution in [3.63, 3.8) is 0 Å². The smallest absolute Gasteiger partial charge is 0.248 e. The van der Waals surface area contributed by atoms with Gasteiger partial charge in [0.1, 0.15) is 0 Å². The van der Waals surface area contributed by atoms with Crippen LogP contribution in [0.3, 0.4) is 0 Å². The number of benzene rings is 10. The van der Waals surface area contributed by atoms with E-state index >= 15 is 0 Å². The highest BCUT2D eigenvalue weighted by Crippen LogP contribution is 2.56. The first-order chi connectivity index (χ1) is 48.8. The highest BCUT2D eigenvalue weighted by Gasteiger charge is 2.43. The molecule has 0 spiro atoms. The molecule has 0 atom stereocenters. The van der Waals surface area contributed by atoms with Gasteiger partial charge < -0.3 is 17.8 Å². The van der Waals surface area contributed by atoms with Crippen molar-refractivity contribution in [3.8, 4) is 119 Å². The van der Waals surface area contributed by atoms with Crippen LogP contribution in [0.4, 0.5) is 0 Å². The second kappa shape index (κ2) is 26.8. The Balaban J connectivity index is 0.831. The molecular formula is C91H89N7O3. The zero-order valence-electron chi connectivity index (χ0n) is 60.2. The Bertz CT molecular complexity index is 5120. The van der Waals surface area contributed by atoms with Gasteiger partial charge in [-0.1, -0.05) is 231 Å². The summed E-state index contributed by atoms with van der Waals surface area (Å²) in [5, 5.41) is 29.7. The van der Waals surface area contributed by atoms with Gasteiger partial charge in [-0.25, -0.2) is 0 Å². The van der Waals surface area contributed by atoms with Crippen LogP contribution in [-0.4, -0.2) is 35.2 Å². The predicted octanol–water partition coefficient (Wildman–Crippen LogP) is 25.0. The lowest BCUT2D eigenvalue weighted by Gasteiger charge is -2.33. The minimum absolute atomic E-state index is 0.0326. The van der Waals surface area contributed by atoms with Crippen molar-refractivity contribution < 1.29 is 13.3 Å². The van der Waals surface area contributed by atoms with Gasteiger partial charge in [-0.2, -0.15) is 0 Å². The number of rotatable bonds is 20. The van der Waals surface area contributed by atoms with E-state index in [4.69, 9.17) is 13.3 Å². The minimum Gasteiger partial charge on any atom is -0.416 e. The van der Waals surface area contributed by atoms with Crippen LogP contribution in [0.25, 0.3) is 141 Å². The number of hydrogen-bond acceptors (Lipinski definition) is 9. The van der Waals surface area contributed by atoms with E-state index in [-0.39, 0.29) is 21.7 Å². The fourth-order valence-electron chi connectivity index (χ4n) is 15.0. The highest BCUT2D eigenvalue weighted by molar-refractivity contribution is 6.12. The van der Waals surface area contributed by atoms with Gasteiger partial charge in [0.05, 0.1) is 11.0 Å². The molecule has 4 heterocycles. The first-order valence-electron chi connectivity index (χ1n) is 36.3. The van der Waals surface area contributed by atoms with Crippen molar-refractivity contribution in [1.29, 1.82) is 0 Å². The van der Waals surface area contributed by atoms with E-state index in [0.717, 1.165) is 114 Å². The Morgan fingerprint density at radius 3 is 0.970 bits per heavy atom. The first kappa shape index (κ1) is 66.3. The van der Waals surface area contributed by atoms with E-state index < -0.39 is 0 Å². The molecule has 1 aliphatic carbocycles. The van der Waals surface area contributed by atoms with Crippen LogP contribution in [0.1, 0.15) is 168 Å². The molecular weight excluding hydrogens is 1240 g/mol. The number of aromatic nitrogens is 7. The maximum atomic E-state index is 6.44. The van der Waals surface area contributed by atoms with Gasteiger partial charge in [0.25, 0.3) is 0 Å². The summed E-state index contributed by atoms with van der Waals surface area (Å²) in [7, 11) is 0. The van der Waals surface area contributed by atoms with Crippen LogP contribution in [-0.2, 0) is 21.7 Å². The summed E-state index contributed by atoms with van der Waals surface area (Å²) in [6.07, 6.45) is 11.6. The summed E-state index contributed by atoms with van der Waals surface area (Å²) in [6, 6.07) is 79.4. The fourth-order valence-corrected chi connectivity index (χ4v) is 15.0. The molecule has 0 saturated heterocycles. The van der Waals surface area contributed by atoms with E-state index in [1.807, 2.05) is 12.1 Å². The molecule has 0 fully saturated rings. The normalized spacial score (nSPS) is 13.0. The van der Waals surface area contributed by atoms with Gasteiger partial charge >= 0.3 is 0 Å². The van der Waals surface area contributed by atoms with Gasteiger partial charge in [-0.15, -0.1) is 30.6 Å².